The summed E-state index contributed by atoms with van der Waals surface area (Å²) in [6, 6.07) is 0. The largest absolute Gasteiger partial charge is 0.464 e. The molecule has 0 spiro atoms. The normalized spacial score (nSPS) is 12.2. The molecule has 0 aromatic heterocycles. The Labute approximate surface area is 247 Å². The standard InChI is InChI=1S/C34H63NO5/c1-6-9-11-13-14-19-24-31(23-18-12-10-7-2)34(38)40-29-27-35(32(36)21-8-3)26-28-39-33(37)25-20-16-15-17-22-30(4)5/h8,21,30-31H,6-7,9-20,22-29H2,1-5H3/b21-8-. The van der Waals surface area contributed by atoms with Crippen LogP contribution >= 0.6 is 0 Å². The van der Waals surface area contributed by atoms with Crippen molar-refractivity contribution in [3.8, 4) is 0 Å². The zero-order chi connectivity index (χ0) is 29.8. The maximum absolute atomic E-state index is 12.9. The fourth-order valence-electron chi connectivity index (χ4n) is 4.84. The van der Waals surface area contributed by atoms with Crippen LogP contribution in [0.1, 0.15) is 150 Å². The predicted molar refractivity (Wildman–Crippen MR) is 166 cm³/mol. The molecule has 234 valence electrons. The first-order valence-electron chi connectivity index (χ1n) is 16.6. The molecule has 40 heavy (non-hydrogen) atoms. The minimum absolute atomic E-state index is 0.0611. The van der Waals surface area contributed by atoms with Crippen LogP contribution in [0.3, 0.4) is 0 Å². The van der Waals surface area contributed by atoms with Crippen LogP contribution in [0.5, 0.6) is 0 Å². The van der Waals surface area contributed by atoms with E-state index in [1.165, 1.54) is 63.9 Å². The second-order valence-electron chi connectivity index (χ2n) is 11.7. The minimum Gasteiger partial charge on any atom is -0.464 e. The molecule has 0 fully saturated rings. The summed E-state index contributed by atoms with van der Waals surface area (Å²) in [5.41, 5.74) is 0. The number of carbonyl (C=O) groups is 3. The first kappa shape index (κ1) is 38.1. The summed E-state index contributed by atoms with van der Waals surface area (Å²) in [5, 5.41) is 0. The molecule has 0 aromatic carbocycles. The number of hydrogen-bond donors (Lipinski definition) is 0. The highest BCUT2D eigenvalue weighted by Crippen LogP contribution is 2.20. The molecule has 0 saturated heterocycles. The van der Waals surface area contributed by atoms with Crippen molar-refractivity contribution in [3.05, 3.63) is 12.2 Å². The van der Waals surface area contributed by atoms with Crippen LogP contribution in [0, 0.1) is 11.8 Å². The Kier molecular flexibility index (Phi) is 26.1. The van der Waals surface area contributed by atoms with Crippen molar-refractivity contribution in [1.82, 2.24) is 4.90 Å². The van der Waals surface area contributed by atoms with Gasteiger partial charge in [-0.25, -0.2) is 0 Å². The van der Waals surface area contributed by atoms with Gasteiger partial charge in [0, 0.05) is 6.42 Å². The van der Waals surface area contributed by atoms with E-state index < -0.39 is 0 Å². The number of ether oxygens (including phenoxy) is 2. The molecule has 0 rings (SSSR count). The molecular formula is C34H63NO5. The molecule has 0 N–H and O–H groups in total. The van der Waals surface area contributed by atoms with Crippen molar-refractivity contribution < 1.29 is 23.9 Å². The highest BCUT2D eigenvalue weighted by molar-refractivity contribution is 5.87. The Balaban J connectivity index is 4.56. The van der Waals surface area contributed by atoms with Gasteiger partial charge in [0.1, 0.15) is 13.2 Å². The van der Waals surface area contributed by atoms with Gasteiger partial charge >= 0.3 is 11.9 Å². The zero-order valence-corrected chi connectivity index (χ0v) is 26.9. The van der Waals surface area contributed by atoms with Gasteiger partial charge in [0.05, 0.1) is 19.0 Å². The second-order valence-corrected chi connectivity index (χ2v) is 11.7. The van der Waals surface area contributed by atoms with Crippen LogP contribution < -0.4 is 0 Å². The van der Waals surface area contributed by atoms with Gasteiger partial charge in [-0.2, -0.15) is 0 Å². The molecule has 0 aliphatic rings. The minimum atomic E-state index is -0.214. The van der Waals surface area contributed by atoms with Gasteiger partial charge in [0.15, 0.2) is 0 Å². The molecule has 0 aliphatic carbocycles. The van der Waals surface area contributed by atoms with E-state index in [4.69, 9.17) is 9.47 Å². The topological polar surface area (TPSA) is 72.9 Å². The summed E-state index contributed by atoms with van der Waals surface area (Å²) >= 11 is 0. The first-order valence-corrected chi connectivity index (χ1v) is 16.6. The van der Waals surface area contributed by atoms with E-state index >= 15 is 0 Å². The van der Waals surface area contributed by atoms with E-state index in [9.17, 15) is 14.4 Å². The highest BCUT2D eigenvalue weighted by atomic mass is 16.5. The van der Waals surface area contributed by atoms with Crippen LogP contribution in [0.25, 0.3) is 0 Å². The van der Waals surface area contributed by atoms with E-state index in [1.54, 1.807) is 17.9 Å². The van der Waals surface area contributed by atoms with E-state index in [0.29, 0.717) is 19.5 Å². The SMILES string of the molecule is C/C=C\C(=O)N(CCOC(=O)CCCCCCC(C)C)CCOC(=O)C(CCCCCC)CCCCCCCC. The third kappa shape index (κ3) is 22.9. The van der Waals surface area contributed by atoms with E-state index in [-0.39, 0.29) is 37.0 Å². The van der Waals surface area contributed by atoms with Gasteiger partial charge in [-0.05, 0) is 38.2 Å². The van der Waals surface area contributed by atoms with Crippen molar-refractivity contribution in [1.29, 1.82) is 0 Å². The monoisotopic (exact) mass is 565 g/mol. The van der Waals surface area contributed by atoms with Gasteiger partial charge < -0.3 is 14.4 Å². The molecule has 0 bridgehead atoms. The Bertz CT molecular complexity index is 661. The van der Waals surface area contributed by atoms with Crippen LogP contribution in [0.15, 0.2) is 12.2 Å². The highest BCUT2D eigenvalue weighted by Gasteiger charge is 2.20. The lowest BCUT2D eigenvalue weighted by atomic mass is 9.94. The molecule has 0 aromatic rings. The molecule has 0 radical (unpaired) electrons. The number of nitrogens with zero attached hydrogens (tertiary/aromatic N) is 1. The number of amides is 1. The summed E-state index contributed by atoms with van der Waals surface area (Å²) in [6.45, 7) is 11.6. The van der Waals surface area contributed by atoms with Gasteiger partial charge in [-0.3, -0.25) is 14.4 Å². The van der Waals surface area contributed by atoms with Crippen molar-refractivity contribution >= 4 is 17.8 Å². The number of carbonyl (C=O) groups excluding carboxylic acids is 3. The third-order valence-electron chi connectivity index (χ3n) is 7.41. The maximum atomic E-state index is 12.9. The Morgan fingerprint density at radius 2 is 1.18 bits per heavy atom. The Morgan fingerprint density at radius 3 is 1.75 bits per heavy atom. The number of unbranched alkanes of at least 4 members (excludes halogenated alkanes) is 11. The van der Waals surface area contributed by atoms with Crippen molar-refractivity contribution in [3.63, 3.8) is 0 Å². The lowest BCUT2D eigenvalue weighted by molar-refractivity contribution is -0.150. The lowest BCUT2D eigenvalue weighted by Gasteiger charge is -2.22. The molecule has 1 unspecified atom stereocenters. The number of allylic oxidation sites excluding steroid dienone is 1. The molecule has 0 aliphatic heterocycles. The number of rotatable bonds is 27. The van der Waals surface area contributed by atoms with Gasteiger partial charge in [0.25, 0.3) is 0 Å². The quantitative estimate of drug-likeness (QED) is 0.0565. The average molecular weight is 566 g/mol. The summed E-state index contributed by atoms with van der Waals surface area (Å²) in [7, 11) is 0. The molecule has 6 nitrogen and oxygen atoms in total. The van der Waals surface area contributed by atoms with E-state index in [1.807, 2.05) is 0 Å². The molecule has 0 heterocycles. The van der Waals surface area contributed by atoms with E-state index in [2.05, 4.69) is 27.7 Å². The summed E-state index contributed by atoms with van der Waals surface area (Å²) in [6.07, 6.45) is 22.7. The number of hydrogen-bond acceptors (Lipinski definition) is 5. The maximum Gasteiger partial charge on any atom is 0.308 e. The Hall–Kier alpha value is -1.85. The van der Waals surface area contributed by atoms with Crippen molar-refractivity contribution in [2.75, 3.05) is 26.3 Å². The van der Waals surface area contributed by atoms with Gasteiger partial charge in [0.2, 0.25) is 5.91 Å². The van der Waals surface area contributed by atoms with Gasteiger partial charge in [-0.1, -0.05) is 124 Å². The molecule has 1 atom stereocenters. The van der Waals surface area contributed by atoms with Crippen LogP contribution in [0.2, 0.25) is 0 Å². The van der Waals surface area contributed by atoms with Crippen LogP contribution in [-0.4, -0.2) is 49.0 Å². The average Bonchev–Trinajstić information content (AvgIpc) is 2.92. The third-order valence-corrected chi connectivity index (χ3v) is 7.41. The molecule has 1 amide bonds. The summed E-state index contributed by atoms with van der Waals surface area (Å²) in [5.74, 6) is 0.151. The smallest absolute Gasteiger partial charge is 0.308 e. The second kappa shape index (κ2) is 27.3. The summed E-state index contributed by atoms with van der Waals surface area (Å²) < 4.78 is 11.1. The van der Waals surface area contributed by atoms with E-state index in [0.717, 1.165) is 57.3 Å². The Morgan fingerprint density at radius 1 is 0.675 bits per heavy atom. The fraction of sp³-hybridized carbons (Fsp3) is 0.853. The predicted octanol–water partition coefficient (Wildman–Crippen LogP) is 8.81. The van der Waals surface area contributed by atoms with Gasteiger partial charge in [-0.15, -0.1) is 0 Å². The number of esters is 2. The first-order chi connectivity index (χ1) is 19.3. The van der Waals surface area contributed by atoms with Crippen molar-refractivity contribution in [2.24, 2.45) is 11.8 Å². The van der Waals surface area contributed by atoms with Crippen LogP contribution in [-0.2, 0) is 23.9 Å². The zero-order valence-electron chi connectivity index (χ0n) is 26.9. The lowest BCUT2D eigenvalue weighted by Crippen LogP contribution is -2.36. The fourth-order valence-corrected chi connectivity index (χ4v) is 4.84. The molecular weight excluding hydrogens is 502 g/mol. The molecule has 6 heteroatoms. The molecule has 0 saturated carbocycles. The van der Waals surface area contributed by atoms with Crippen LogP contribution in [0.4, 0.5) is 0 Å². The van der Waals surface area contributed by atoms with Crippen molar-refractivity contribution in [2.45, 2.75) is 150 Å². The summed E-state index contributed by atoms with van der Waals surface area (Å²) in [4.78, 5) is 39.2.